The van der Waals surface area contributed by atoms with E-state index >= 15 is 0 Å². The maximum absolute atomic E-state index is 4.76. The molecule has 20 heavy (non-hydrogen) atoms. The Kier molecular flexibility index (Phi) is 3.88. The summed E-state index contributed by atoms with van der Waals surface area (Å²) in [6.45, 7) is 5.26. The zero-order chi connectivity index (χ0) is 13.9. The van der Waals surface area contributed by atoms with E-state index in [1.54, 1.807) is 0 Å². The van der Waals surface area contributed by atoms with E-state index in [-0.39, 0.29) is 0 Å². The fraction of sp³-hybridized carbons (Fsp3) is 0.471. The summed E-state index contributed by atoms with van der Waals surface area (Å²) in [5, 5.41) is 5.83. The molecule has 1 N–H and O–H groups in total. The quantitative estimate of drug-likeness (QED) is 0.873. The van der Waals surface area contributed by atoms with Gasteiger partial charge in [0.25, 0.3) is 0 Å². The van der Waals surface area contributed by atoms with Crippen LogP contribution in [0.15, 0.2) is 30.5 Å². The molecule has 0 bridgehead atoms. The molecule has 1 aromatic heterocycles. The van der Waals surface area contributed by atoms with Gasteiger partial charge in [-0.3, -0.25) is 0 Å². The van der Waals surface area contributed by atoms with Gasteiger partial charge in [-0.05, 0) is 43.7 Å². The number of hydrogen-bond donors (Lipinski definition) is 1. The monoisotopic (exact) mass is 269 g/mol. The summed E-state index contributed by atoms with van der Waals surface area (Å²) in [6.07, 6.45) is 4.79. The highest BCUT2D eigenvalue weighted by molar-refractivity contribution is 5.94. The molecule has 0 radical (unpaired) electrons. The molecule has 1 heterocycles. The molecule has 0 aliphatic heterocycles. The van der Waals surface area contributed by atoms with Gasteiger partial charge in [0.1, 0.15) is 5.82 Å². The summed E-state index contributed by atoms with van der Waals surface area (Å²) in [5.74, 6) is 2.03. The Labute approximate surface area is 121 Å². The zero-order valence-electron chi connectivity index (χ0n) is 12.4. The van der Waals surface area contributed by atoms with Crippen LogP contribution in [0.5, 0.6) is 0 Å². The van der Waals surface area contributed by atoms with Gasteiger partial charge in [-0.1, -0.05) is 24.3 Å². The smallest absolute Gasteiger partial charge is 0.136 e. The lowest BCUT2D eigenvalue weighted by Gasteiger charge is -2.24. The highest BCUT2D eigenvalue weighted by Gasteiger charge is 2.25. The minimum Gasteiger partial charge on any atom is -0.356 e. The Morgan fingerprint density at radius 1 is 1.25 bits per heavy atom. The van der Waals surface area contributed by atoms with Crippen LogP contribution in [0.1, 0.15) is 25.3 Å². The van der Waals surface area contributed by atoms with Crippen molar-refractivity contribution in [1.82, 2.24) is 10.3 Å². The molecule has 3 rings (SSSR count). The van der Waals surface area contributed by atoms with Crippen molar-refractivity contribution in [2.75, 3.05) is 25.0 Å². The summed E-state index contributed by atoms with van der Waals surface area (Å²) >= 11 is 0. The van der Waals surface area contributed by atoms with E-state index < -0.39 is 0 Å². The molecule has 3 heteroatoms. The maximum atomic E-state index is 4.76. The first-order valence-electron chi connectivity index (χ1n) is 7.59. The van der Waals surface area contributed by atoms with Crippen molar-refractivity contribution in [3.8, 4) is 0 Å². The van der Waals surface area contributed by atoms with Gasteiger partial charge in [0, 0.05) is 31.2 Å². The van der Waals surface area contributed by atoms with Crippen LogP contribution in [0.4, 0.5) is 5.82 Å². The normalized spacial score (nSPS) is 14.7. The molecule has 106 valence electrons. The summed E-state index contributed by atoms with van der Waals surface area (Å²) in [5.41, 5.74) is 1.27. The molecule has 1 aromatic carbocycles. The lowest BCUT2D eigenvalue weighted by Crippen LogP contribution is -2.26. The van der Waals surface area contributed by atoms with Gasteiger partial charge < -0.3 is 10.2 Å². The highest BCUT2D eigenvalue weighted by atomic mass is 15.2. The van der Waals surface area contributed by atoms with Crippen LogP contribution in [0, 0.1) is 5.92 Å². The van der Waals surface area contributed by atoms with E-state index in [1.165, 1.54) is 29.2 Å². The fourth-order valence-electron chi connectivity index (χ4n) is 2.80. The largest absolute Gasteiger partial charge is 0.356 e. The van der Waals surface area contributed by atoms with Gasteiger partial charge in [-0.25, -0.2) is 4.98 Å². The average molecular weight is 269 g/mol. The first-order chi connectivity index (χ1) is 9.83. The number of rotatable bonds is 6. The summed E-state index contributed by atoms with van der Waals surface area (Å²) in [7, 11) is 1.98. The molecule has 1 fully saturated rings. The summed E-state index contributed by atoms with van der Waals surface area (Å²) in [6, 6.07) is 8.63. The van der Waals surface area contributed by atoms with Crippen LogP contribution in [0.25, 0.3) is 10.8 Å². The van der Waals surface area contributed by atoms with Crippen molar-refractivity contribution in [2.24, 2.45) is 5.92 Å². The predicted molar refractivity (Wildman–Crippen MR) is 85.1 cm³/mol. The van der Waals surface area contributed by atoms with Crippen molar-refractivity contribution in [3.63, 3.8) is 0 Å². The number of nitrogens with zero attached hydrogens (tertiary/aromatic N) is 2. The maximum Gasteiger partial charge on any atom is 0.136 e. The van der Waals surface area contributed by atoms with E-state index in [0.29, 0.717) is 0 Å². The fourth-order valence-corrected chi connectivity index (χ4v) is 2.80. The van der Waals surface area contributed by atoms with Gasteiger partial charge in [-0.15, -0.1) is 0 Å². The molecule has 1 aliphatic rings. The van der Waals surface area contributed by atoms with Gasteiger partial charge in [0.2, 0.25) is 0 Å². The minimum absolute atomic E-state index is 0.864. The lowest BCUT2D eigenvalue weighted by molar-refractivity contribution is 0.733. The van der Waals surface area contributed by atoms with Crippen molar-refractivity contribution >= 4 is 16.6 Å². The third-order valence-electron chi connectivity index (χ3n) is 4.08. The molecule has 1 aliphatic carbocycles. The van der Waals surface area contributed by atoms with Crippen molar-refractivity contribution < 1.29 is 0 Å². The summed E-state index contributed by atoms with van der Waals surface area (Å²) < 4.78 is 0. The van der Waals surface area contributed by atoms with Crippen LogP contribution in [0.3, 0.4) is 0 Å². The standard InChI is InChI=1S/C17H23N3/c1-3-20(12-13-8-9-13)17-16-7-5-4-6-15(16)14(10-18-2)11-19-17/h4-7,11,13,18H,3,8-10,12H2,1-2H3. The van der Waals surface area contributed by atoms with E-state index in [9.17, 15) is 0 Å². The van der Waals surface area contributed by atoms with E-state index in [2.05, 4.69) is 41.4 Å². The first kappa shape index (κ1) is 13.4. The second kappa shape index (κ2) is 5.80. The molecular weight excluding hydrogens is 246 g/mol. The minimum atomic E-state index is 0.864. The Morgan fingerprint density at radius 2 is 2.00 bits per heavy atom. The summed E-state index contributed by atoms with van der Waals surface area (Å²) in [4.78, 5) is 7.20. The van der Waals surface area contributed by atoms with Gasteiger partial charge in [-0.2, -0.15) is 0 Å². The molecular formula is C17H23N3. The number of fused-ring (bicyclic) bond motifs is 1. The van der Waals surface area contributed by atoms with Gasteiger partial charge in [0.15, 0.2) is 0 Å². The second-order valence-corrected chi connectivity index (χ2v) is 5.66. The molecule has 0 atom stereocenters. The van der Waals surface area contributed by atoms with Gasteiger partial charge in [0.05, 0.1) is 0 Å². The lowest BCUT2D eigenvalue weighted by atomic mass is 10.1. The topological polar surface area (TPSA) is 28.2 Å². The number of benzene rings is 1. The van der Waals surface area contributed by atoms with Crippen LogP contribution < -0.4 is 10.2 Å². The predicted octanol–water partition coefficient (Wildman–Crippen LogP) is 3.19. The van der Waals surface area contributed by atoms with Crippen molar-refractivity contribution in [1.29, 1.82) is 0 Å². The number of pyridine rings is 1. The molecule has 2 aromatic rings. The number of hydrogen-bond acceptors (Lipinski definition) is 3. The highest BCUT2D eigenvalue weighted by Crippen LogP contribution is 2.33. The first-order valence-corrected chi connectivity index (χ1v) is 7.59. The SMILES string of the molecule is CCN(CC1CC1)c1ncc(CNC)c2ccccc12. The number of aromatic nitrogens is 1. The Bertz CT molecular complexity index is 590. The van der Waals surface area contributed by atoms with Crippen molar-refractivity contribution in [3.05, 3.63) is 36.0 Å². The average Bonchev–Trinajstić information content (AvgIpc) is 3.30. The molecule has 0 unspecified atom stereocenters. The van der Waals surface area contributed by atoms with Crippen LogP contribution in [0.2, 0.25) is 0 Å². The zero-order valence-corrected chi connectivity index (χ0v) is 12.4. The Hall–Kier alpha value is -1.61. The van der Waals surface area contributed by atoms with Crippen LogP contribution >= 0.6 is 0 Å². The van der Waals surface area contributed by atoms with E-state index in [4.69, 9.17) is 4.98 Å². The van der Waals surface area contributed by atoms with Gasteiger partial charge >= 0.3 is 0 Å². The third-order valence-corrected chi connectivity index (χ3v) is 4.08. The van der Waals surface area contributed by atoms with E-state index in [1.807, 2.05) is 13.2 Å². The van der Waals surface area contributed by atoms with Crippen LogP contribution in [-0.4, -0.2) is 25.1 Å². The number of anilines is 1. The molecule has 0 saturated heterocycles. The molecule has 1 saturated carbocycles. The van der Waals surface area contributed by atoms with Crippen molar-refractivity contribution in [2.45, 2.75) is 26.3 Å². The molecule has 0 spiro atoms. The molecule has 3 nitrogen and oxygen atoms in total. The van der Waals surface area contributed by atoms with Crippen LogP contribution in [-0.2, 0) is 6.54 Å². The third kappa shape index (κ3) is 2.63. The van der Waals surface area contributed by atoms with E-state index in [0.717, 1.165) is 31.4 Å². The Balaban J connectivity index is 2.03. The Morgan fingerprint density at radius 3 is 2.65 bits per heavy atom. The second-order valence-electron chi connectivity index (χ2n) is 5.66. The number of nitrogens with one attached hydrogen (secondary N) is 1. The molecule has 0 amide bonds.